The van der Waals surface area contributed by atoms with Crippen LogP contribution in [0.1, 0.15) is 46.1 Å². The van der Waals surface area contributed by atoms with Crippen LogP contribution in [-0.2, 0) is 6.42 Å². The molecule has 0 saturated carbocycles. The van der Waals surface area contributed by atoms with Crippen LogP contribution >= 0.6 is 15.9 Å². The Morgan fingerprint density at radius 1 is 1.19 bits per heavy atom. The summed E-state index contributed by atoms with van der Waals surface area (Å²) in [5.74, 6) is 2.14. The van der Waals surface area contributed by atoms with Gasteiger partial charge in [0, 0.05) is 6.04 Å². The van der Waals surface area contributed by atoms with Crippen LogP contribution in [0.3, 0.4) is 0 Å². The third kappa shape index (κ3) is 6.27. The minimum Gasteiger partial charge on any atom is -0.490 e. The Kier molecular flexibility index (Phi) is 8.12. The van der Waals surface area contributed by atoms with Crippen molar-refractivity contribution in [2.45, 2.75) is 53.0 Å². The standard InChI is InChI=1S/C17H28BrNO2/c1-5-7-12(3)11-21-17-15(18)9-14(8-13(4)19)10-16(17)20-6-2/h9-10,12-13H,5-8,11,19H2,1-4H3. The summed E-state index contributed by atoms with van der Waals surface area (Å²) in [6.45, 7) is 9.72. The van der Waals surface area contributed by atoms with Crippen molar-refractivity contribution in [1.82, 2.24) is 0 Å². The molecular formula is C17H28BrNO2. The zero-order valence-corrected chi connectivity index (χ0v) is 15.2. The summed E-state index contributed by atoms with van der Waals surface area (Å²) < 4.78 is 12.7. The van der Waals surface area contributed by atoms with E-state index in [-0.39, 0.29) is 6.04 Å². The lowest BCUT2D eigenvalue weighted by Crippen LogP contribution is -2.18. The Morgan fingerprint density at radius 3 is 2.48 bits per heavy atom. The van der Waals surface area contributed by atoms with Gasteiger partial charge < -0.3 is 15.2 Å². The largest absolute Gasteiger partial charge is 0.490 e. The SMILES string of the molecule is CCCC(C)COc1c(Br)cc(CC(C)N)cc1OCC. The monoisotopic (exact) mass is 357 g/mol. The van der Waals surface area contributed by atoms with Gasteiger partial charge >= 0.3 is 0 Å². The van der Waals surface area contributed by atoms with Crippen LogP contribution in [0.2, 0.25) is 0 Å². The Hall–Kier alpha value is -0.740. The topological polar surface area (TPSA) is 44.5 Å². The molecule has 1 aromatic rings. The first-order chi connectivity index (χ1) is 9.97. The molecule has 120 valence electrons. The summed E-state index contributed by atoms with van der Waals surface area (Å²) in [6, 6.07) is 4.24. The first-order valence-electron chi connectivity index (χ1n) is 7.81. The number of hydrogen-bond acceptors (Lipinski definition) is 3. The van der Waals surface area contributed by atoms with Crippen molar-refractivity contribution in [3.63, 3.8) is 0 Å². The molecule has 0 amide bonds. The van der Waals surface area contributed by atoms with Gasteiger partial charge in [-0.05, 0) is 66.2 Å². The predicted molar refractivity (Wildman–Crippen MR) is 92.2 cm³/mol. The van der Waals surface area contributed by atoms with E-state index in [0.717, 1.165) is 28.0 Å². The average molecular weight is 358 g/mol. The maximum atomic E-state index is 5.99. The second-order valence-corrected chi connectivity index (χ2v) is 6.58. The molecule has 1 rings (SSSR count). The van der Waals surface area contributed by atoms with Crippen molar-refractivity contribution in [3.8, 4) is 11.5 Å². The third-order valence-corrected chi connectivity index (χ3v) is 3.81. The van der Waals surface area contributed by atoms with E-state index in [4.69, 9.17) is 15.2 Å². The van der Waals surface area contributed by atoms with E-state index in [1.54, 1.807) is 0 Å². The molecule has 0 aliphatic carbocycles. The molecule has 0 aromatic heterocycles. The van der Waals surface area contributed by atoms with Crippen molar-refractivity contribution >= 4 is 15.9 Å². The molecule has 1 aromatic carbocycles. The van der Waals surface area contributed by atoms with Gasteiger partial charge in [0.2, 0.25) is 0 Å². The minimum absolute atomic E-state index is 0.128. The predicted octanol–water partition coefficient (Wildman–Crippen LogP) is 4.55. The fourth-order valence-corrected chi connectivity index (χ4v) is 2.92. The van der Waals surface area contributed by atoms with E-state index in [0.29, 0.717) is 19.1 Å². The molecule has 0 saturated heterocycles. The molecule has 0 bridgehead atoms. The van der Waals surface area contributed by atoms with Crippen molar-refractivity contribution in [2.75, 3.05) is 13.2 Å². The van der Waals surface area contributed by atoms with Crippen molar-refractivity contribution in [3.05, 3.63) is 22.2 Å². The molecule has 0 aliphatic rings. The van der Waals surface area contributed by atoms with E-state index in [9.17, 15) is 0 Å². The lowest BCUT2D eigenvalue weighted by Gasteiger charge is -2.18. The zero-order valence-electron chi connectivity index (χ0n) is 13.6. The zero-order chi connectivity index (χ0) is 15.8. The molecule has 4 heteroatoms. The van der Waals surface area contributed by atoms with Gasteiger partial charge in [0.25, 0.3) is 0 Å². The number of nitrogens with two attached hydrogens (primary N) is 1. The Balaban J connectivity index is 2.90. The Labute approximate surface area is 137 Å². The van der Waals surface area contributed by atoms with Gasteiger partial charge in [-0.1, -0.05) is 20.3 Å². The molecule has 3 nitrogen and oxygen atoms in total. The number of halogens is 1. The average Bonchev–Trinajstić information content (AvgIpc) is 2.37. The quantitative estimate of drug-likeness (QED) is 0.704. The van der Waals surface area contributed by atoms with Gasteiger partial charge in [0.15, 0.2) is 11.5 Å². The highest BCUT2D eigenvalue weighted by Gasteiger charge is 2.14. The van der Waals surface area contributed by atoms with Gasteiger partial charge in [0.1, 0.15) is 0 Å². The number of benzene rings is 1. The molecule has 2 N–H and O–H groups in total. The van der Waals surface area contributed by atoms with Gasteiger partial charge in [0.05, 0.1) is 17.7 Å². The van der Waals surface area contributed by atoms with Crippen LogP contribution in [0, 0.1) is 5.92 Å². The van der Waals surface area contributed by atoms with Crippen molar-refractivity contribution < 1.29 is 9.47 Å². The van der Waals surface area contributed by atoms with E-state index < -0.39 is 0 Å². The smallest absolute Gasteiger partial charge is 0.175 e. The Morgan fingerprint density at radius 2 is 1.90 bits per heavy atom. The second-order valence-electron chi connectivity index (χ2n) is 5.72. The van der Waals surface area contributed by atoms with Crippen molar-refractivity contribution in [2.24, 2.45) is 11.7 Å². The molecule has 0 radical (unpaired) electrons. The lowest BCUT2D eigenvalue weighted by atomic mass is 10.1. The molecule has 0 spiro atoms. The van der Waals surface area contributed by atoms with Crippen LogP contribution in [0.4, 0.5) is 0 Å². The molecule has 2 atom stereocenters. The van der Waals surface area contributed by atoms with Gasteiger partial charge in [-0.25, -0.2) is 0 Å². The van der Waals surface area contributed by atoms with Gasteiger partial charge in [-0.15, -0.1) is 0 Å². The molecule has 0 aliphatic heterocycles. The van der Waals surface area contributed by atoms with Crippen LogP contribution in [-0.4, -0.2) is 19.3 Å². The van der Waals surface area contributed by atoms with Crippen LogP contribution in [0.25, 0.3) is 0 Å². The first kappa shape index (κ1) is 18.3. The molecule has 2 unspecified atom stereocenters. The molecule has 0 fully saturated rings. The number of ether oxygens (including phenoxy) is 2. The summed E-state index contributed by atoms with van der Waals surface area (Å²) >= 11 is 3.60. The molecular weight excluding hydrogens is 330 g/mol. The third-order valence-electron chi connectivity index (χ3n) is 3.22. The van der Waals surface area contributed by atoms with Gasteiger partial charge in [-0.2, -0.15) is 0 Å². The second kappa shape index (κ2) is 9.31. The number of hydrogen-bond donors (Lipinski definition) is 1. The fraction of sp³-hybridized carbons (Fsp3) is 0.647. The van der Waals surface area contributed by atoms with E-state index in [1.165, 1.54) is 12.8 Å². The maximum Gasteiger partial charge on any atom is 0.175 e. The lowest BCUT2D eigenvalue weighted by molar-refractivity contribution is 0.232. The molecule has 21 heavy (non-hydrogen) atoms. The summed E-state index contributed by atoms with van der Waals surface area (Å²) in [6.07, 6.45) is 3.17. The Bertz CT molecular complexity index is 435. The summed E-state index contributed by atoms with van der Waals surface area (Å²) in [5.41, 5.74) is 7.04. The fourth-order valence-electron chi connectivity index (χ4n) is 2.32. The highest BCUT2D eigenvalue weighted by molar-refractivity contribution is 9.10. The highest BCUT2D eigenvalue weighted by atomic mass is 79.9. The van der Waals surface area contributed by atoms with Crippen molar-refractivity contribution in [1.29, 1.82) is 0 Å². The highest BCUT2D eigenvalue weighted by Crippen LogP contribution is 2.37. The van der Waals surface area contributed by atoms with E-state index >= 15 is 0 Å². The minimum atomic E-state index is 0.128. The molecule has 0 heterocycles. The summed E-state index contributed by atoms with van der Waals surface area (Å²) in [5, 5.41) is 0. The van der Waals surface area contributed by atoms with E-state index in [1.807, 2.05) is 19.9 Å². The van der Waals surface area contributed by atoms with Crippen LogP contribution in [0.5, 0.6) is 11.5 Å². The van der Waals surface area contributed by atoms with Crippen LogP contribution < -0.4 is 15.2 Å². The van der Waals surface area contributed by atoms with Crippen LogP contribution in [0.15, 0.2) is 16.6 Å². The van der Waals surface area contributed by atoms with E-state index in [2.05, 4.69) is 35.8 Å². The number of rotatable bonds is 9. The summed E-state index contributed by atoms with van der Waals surface area (Å²) in [7, 11) is 0. The first-order valence-corrected chi connectivity index (χ1v) is 8.60. The maximum absolute atomic E-state index is 5.99. The van der Waals surface area contributed by atoms with Gasteiger partial charge in [-0.3, -0.25) is 0 Å². The normalized spacial score (nSPS) is 13.8. The summed E-state index contributed by atoms with van der Waals surface area (Å²) in [4.78, 5) is 0.